The van der Waals surface area contributed by atoms with Gasteiger partial charge in [-0.05, 0) is 25.5 Å². The van der Waals surface area contributed by atoms with E-state index >= 15 is 0 Å². The second-order valence-corrected chi connectivity index (χ2v) is 3.91. The fourth-order valence-electron chi connectivity index (χ4n) is 1.38. The number of nitrogens with two attached hydrogens (primary N) is 1. The molecule has 0 radical (unpaired) electrons. The standard InChI is InChI=1S/C12H14N4O2/c1-8(7-13)6-10(11(14)17)16-12(18)9-4-2-3-5-15-9/h2-5,8,10H,6H2,1H3,(H2,14,17)(H,16,18)/t8-,10-/m0/s1. The van der Waals surface area contributed by atoms with Gasteiger partial charge in [0.15, 0.2) is 0 Å². The average Bonchev–Trinajstić information content (AvgIpc) is 2.38. The predicted octanol–water partition coefficient (Wildman–Crippen LogP) is 0.215. The van der Waals surface area contributed by atoms with E-state index in [4.69, 9.17) is 11.0 Å². The molecule has 1 aromatic rings. The average molecular weight is 246 g/mol. The van der Waals surface area contributed by atoms with Gasteiger partial charge in [-0.1, -0.05) is 6.07 Å². The Hall–Kier alpha value is -2.42. The van der Waals surface area contributed by atoms with Crippen molar-refractivity contribution in [2.75, 3.05) is 0 Å². The smallest absolute Gasteiger partial charge is 0.270 e. The largest absolute Gasteiger partial charge is 0.368 e. The highest BCUT2D eigenvalue weighted by Crippen LogP contribution is 2.05. The van der Waals surface area contributed by atoms with Gasteiger partial charge in [0.25, 0.3) is 5.91 Å². The van der Waals surface area contributed by atoms with Gasteiger partial charge in [-0.25, -0.2) is 0 Å². The quantitative estimate of drug-likeness (QED) is 0.774. The Morgan fingerprint density at radius 1 is 1.56 bits per heavy atom. The van der Waals surface area contributed by atoms with E-state index in [1.807, 2.05) is 6.07 Å². The van der Waals surface area contributed by atoms with Crippen LogP contribution in [0.5, 0.6) is 0 Å². The number of nitrogens with zero attached hydrogens (tertiary/aromatic N) is 2. The molecule has 18 heavy (non-hydrogen) atoms. The van der Waals surface area contributed by atoms with Crippen LogP contribution in [-0.4, -0.2) is 22.8 Å². The molecule has 0 aliphatic rings. The van der Waals surface area contributed by atoms with E-state index in [-0.39, 0.29) is 18.0 Å². The molecular formula is C12H14N4O2. The molecule has 0 saturated heterocycles. The van der Waals surface area contributed by atoms with Crippen molar-refractivity contribution >= 4 is 11.8 Å². The highest BCUT2D eigenvalue weighted by Gasteiger charge is 2.21. The van der Waals surface area contributed by atoms with Gasteiger partial charge in [0.05, 0.1) is 6.07 Å². The van der Waals surface area contributed by atoms with Crippen molar-refractivity contribution in [3.8, 4) is 6.07 Å². The van der Waals surface area contributed by atoms with Crippen molar-refractivity contribution in [1.29, 1.82) is 5.26 Å². The van der Waals surface area contributed by atoms with Crippen LogP contribution in [0.4, 0.5) is 0 Å². The number of nitriles is 1. The second-order valence-electron chi connectivity index (χ2n) is 3.91. The third-order valence-electron chi connectivity index (χ3n) is 2.36. The number of carbonyl (C=O) groups is 2. The number of hydrogen-bond acceptors (Lipinski definition) is 4. The Balaban J connectivity index is 2.71. The first kappa shape index (κ1) is 13.6. The van der Waals surface area contributed by atoms with E-state index in [1.165, 1.54) is 12.3 Å². The molecule has 0 unspecified atom stereocenters. The Bertz CT molecular complexity index is 467. The third kappa shape index (κ3) is 3.87. The van der Waals surface area contributed by atoms with Crippen LogP contribution >= 0.6 is 0 Å². The summed E-state index contributed by atoms with van der Waals surface area (Å²) in [5, 5.41) is 11.2. The van der Waals surface area contributed by atoms with Crippen molar-refractivity contribution in [3.05, 3.63) is 30.1 Å². The summed E-state index contributed by atoms with van der Waals surface area (Å²) in [5.74, 6) is -1.52. The maximum absolute atomic E-state index is 11.8. The fraction of sp³-hybridized carbons (Fsp3) is 0.333. The topological polar surface area (TPSA) is 109 Å². The van der Waals surface area contributed by atoms with Gasteiger partial charge >= 0.3 is 0 Å². The summed E-state index contributed by atoms with van der Waals surface area (Å²) in [4.78, 5) is 26.8. The maximum atomic E-state index is 11.8. The SMILES string of the molecule is C[C@H](C#N)C[C@H](NC(=O)c1ccccn1)C(N)=O. The zero-order chi connectivity index (χ0) is 13.5. The Labute approximate surface area is 105 Å². The molecule has 0 aliphatic heterocycles. The van der Waals surface area contributed by atoms with Gasteiger partial charge in [0, 0.05) is 12.1 Å². The Morgan fingerprint density at radius 2 is 2.28 bits per heavy atom. The summed E-state index contributed by atoms with van der Waals surface area (Å²) in [5.41, 5.74) is 5.38. The molecule has 1 aromatic heterocycles. The van der Waals surface area contributed by atoms with Gasteiger partial charge in [0.1, 0.15) is 11.7 Å². The molecule has 1 rings (SSSR count). The lowest BCUT2D eigenvalue weighted by molar-refractivity contribution is -0.120. The number of rotatable bonds is 5. The van der Waals surface area contributed by atoms with Crippen LogP contribution < -0.4 is 11.1 Å². The summed E-state index contributed by atoms with van der Waals surface area (Å²) in [6, 6.07) is 6.00. The molecule has 94 valence electrons. The Morgan fingerprint density at radius 3 is 2.78 bits per heavy atom. The van der Waals surface area contributed by atoms with Crippen molar-refractivity contribution in [2.24, 2.45) is 11.7 Å². The van der Waals surface area contributed by atoms with E-state index in [2.05, 4.69) is 10.3 Å². The summed E-state index contributed by atoms with van der Waals surface area (Å²) >= 11 is 0. The van der Waals surface area contributed by atoms with Crippen molar-refractivity contribution in [2.45, 2.75) is 19.4 Å². The zero-order valence-electron chi connectivity index (χ0n) is 9.96. The maximum Gasteiger partial charge on any atom is 0.270 e. The van der Waals surface area contributed by atoms with E-state index in [1.54, 1.807) is 19.1 Å². The highest BCUT2D eigenvalue weighted by molar-refractivity contribution is 5.95. The summed E-state index contributed by atoms with van der Waals surface area (Å²) < 4.78 is 0. The van der Waals surface area contributed by atoms with E-state index < -0.39 is 17.9 Å². The first-order valence-electron chi connectivity index (χ1n) is 5.45. The minimum Gasteiger partial charge on any atom is -0.368 e. The molecule has 1 heterocycles. The molecule has 0 fully saturated rings. The summed E-state index contributed by atoms with van der Waals surface area (Å²) in [6.45, 7) is 1.66. The lowest BCUT2D eigenvalue weighted by atomic mass is 10.0. The van der Waals surface area contributed by atoms with Crippen LogP contribution in [-0.2, 0) is 4.79 Å². The number of hydrogen-bond donors (Lipinski definition) is 2. The van der Waals surface area contributed by atoms with E-state index in [0.29, 0.717) is 0 Å². The van der Waals surface area contributed by atoms with Gasteiger partial charge < -0.3 is 11.1 Å². The monoisotopic (exact) mass is 246 g/mol. The molecular weight excluding hydrogens is 232 g/mol. The van der Waals surface area contributed by atoms with Crippen LogP contribution in [0.15, 0.2) is 24.4 Å². The number of pyridine rings is 1. The first-order chi connectivity index (χ1) is 8.54. The lowest BCUT2D eigenvalue weighted by Gasteiger charge is -2.15. The molecule has 0 spiro atoms. The molecule has 6 nitrogen and oxygen atoms in total. The van der Waals surface area contributed by atoms with Crippen LogP contribution in [0.1, 0.15) is 23.8 Å². The van der Waals surface area contributed by atoms with Crippen molar-refractivity contribution in [1.82, 2.24) is 10.3 Å². The first-order valence-corrected chi connectivity index (χ1v) is 5.45. The predicted molar refractivity (Wildman–Crippen MR) is 64.1 cm³/mol. The van der Waals surface area contributed by atoms with E-state index in [0.717, 1.165) is 0 Å². The zero-order valence-corrected chi connectivity index (χ0v) is 9.96. The number of primary amides is 1. The summed E-state index contributed by atoms with van der Waals surface area (Å²) in [7, 11) is 0. The number of aromatic nitrogens is 1. The molecule has 0 aromatic carbocycles. The van der Waals surface area contributed by atoms with Crippen LogP contribution in [0.25, 0.3) is 0 Å². The van der Waals surface area contributed by atoms with Gasteiger partial charge in [-0.2, -0.15) is 5.26 Å². The molecule has 2 amide bonds. The van der Waals surface area contributed by atoms with Crippen LogP contribution in [0.2, 0.25) is 0 Å². The van der Waals surface area contributed by atoms with Gasteiger partial charge in [0.2, 0.25) is 5.91 Å². The highest BCUT2D eigenvalue weighted by atomic mass is 16.2. The summed E-state index contributed by atoms with van der Waals surface area (Å²) in [6.07, 6.45) is 1.66. The molecule has 0 bridgehead atoms. The Kier molecular flexibility index (Phi) is 4.81. The minimum absolute atomic E-state index is 0.185. The minimum atomic E-state index is -0.867. The second kappa shape index (κ2) is 6.35. The number of carbonyl (C=O) groups excluding carboxylic acids is 2. The molecule has 2 atom stereocenters. The van der Waals surface area contributed by atoms with Crippen molar-refractivity contribution < 1.29 is 9.59 Å². The van der Waals surface area contributed by atoms with Crippen LogP contribution in [0, 0.1) is 17.2 Å². The van der Waals surface area contributed by atoms with E-state index in [9.17, 15) is 9.59 Å². The lowest BCUT2D eigenvalue weighted by Crippen LogP contribution is -2.45. The molecule has 0 aliphatic carbocycles. The molecule has 0 saturated carbocycles. The van der Waals surface area contributed by atoms with Crippen molar-refractivity contribution in [3.63, 3.8) is 0 Å². The molecule has 6 heteroatoms. The number of amides is 2. The third-order valence-corrected chi connectivity index (χ3v) is 2.36. The number of nitrogens with one attached hydrogen (secondary N) is 1. The van der Waals surface area contributed by atoms with Crippen LogP contribution in [0.3, 0.4) is 0 Å². The molecule has 3 N–H and O–H groups in total. The van der Waals surface area contributed by atoms with Gasteiger partial charge in [-0.3, -0.25) is 14.6 Å². The van der Waals surface area contributed by atoms with Gasteiger partial charge in [-0.15, -0.1) is 0 Å². The normalized spacial score (nSPS) is 13.1. The fourth-order valence-corrected chi connectivity index (χ4v) is 1.38.